The molecule has 0 radical (unpaired) electrons. The molecule has 0 saturated heterocycles. The highest BCUT2D eigenvalue weighted by molar-refractivity contribution is 5.61. The molecule has 90 valence electrons. The average molecular weight is 232 g/mol. The zero-order valence-electron chi connectivity index (χ0n) is 9.50. The predicted molar refractivity (Wildman–Crippen MR) is 68.4 cm³/mol. The lowest BCUT2D eigenvalue weighted by molar-refractivity contribution is 0.591. The molecule has 0 aliphatic heterocycles. The molecule has 17 heavy (non-hydrogen) atoms. The highest BCUT2D eigenvalue weighted by Gasteiger charge is 1.98. The maximum atomic E-state index is 5.61. The Balaban J connectivity index is 1.76. The summed E-state index contributed by atoms with van der Waals surface area (Å²) in [5.41, 5.74) is 11.7. The van der Waals surface area contributed by atoms with E-state index in [-0.39, 0.29) is 0 Å². The fourth-order valence-electron chi connectivity index (χ4n) is 1.47. The van der Waals surface area contributed by atoms with Crippen LogP contribution in [0.1, 0.15) is 6.42 Å². The van der Waals surface area contributed by atoms with Crippen molar-refractivity contribution >= 4 is 17.3 Å². The summed E-state index contributed by atoms with van der Waals surface area (Å²) < 4.78 is 1.90. The maximum Gasteiger partial charge on any atom is 0.149 e. The Hall–Kier alpha value is -2.24. The van der Waals surface area contributed by atoms with Crippen molar-refractivity contribution < 1.29 is 0 Å². The van der Waals surface area contributed by atoms with Crippen LogP contribution in [0.15, 0.2) is 30.6 Å². The third-order valence-corrected chi connectivity index (χ3v) is 2.39. The number of aromatic nitrogens is 3. The highest BCUT2D eigenvalue weighted by Crippen LogP contribution is 2.14. The lowest BCUT2D eigenvalue weighted by Gasteiger charge is -2.07. The fourth-order valence-corrected chi connectivity index (χ4v) is 1.47. The van der Waals surface area contributed by atoms with Crippen molar-refractivity contribution in [2.24, 2.45) is 0 Å². The van der Waals surface area contributed by atoms with Gasteiger partial charge in [-0.05, 0) is 24.6 Å². The molecular weight excluding hydrogens is 216 g/mol. The Morgan fingerprint density at radius 1 is 1.29 bits per heavy atom. The monoisotopic (exact) mass is 232 g/mol. The van der Waals surface area contributed by atoms with Crippen LogP contribution in [0, 0.1) is 0 Å². The number of pyridine rings is 1. The van der Waals surface area contributed by atoms with Crippen LogP contribution in [0.5, 0.6) is 0 Å². The minimum atomic E-state index is 0.363. The van der Waals surface area contributed by atoms with Crippen molar-refractivity contribution in [3.63, 3.8) is 0 Å². The molecule has 0 fully saturated rings. The summed E-state index contributed by atoms with van der Waals surface area (Å²) in [5.74, 6) is 1.11. The van der Waals surface area contributed by atoms with Gasteiger partial charge < -0.3 is 16.8 Å². The lowest BCUT2D eigenvalue weighted by Crippen LogP contribution is -2.09. The summed E-state index contributed by atoms with van der Waals surface area (Å²) in [7, 11) is 0. The largest absolute Gasteiger partial charge is 0.396 e. The smallest absolute Gasteiger partial charge is 0.149 e. The first kappa shape index (κ1) is 11.3. The molecule has 0 amide bonds. The Morgan fingerprint density at radius 3 is 2.88 bits per heavy atom. The van der Waals surface area contributed by atoms with Crippen LogP contribution in [0.2, 0.25) is 0 Å². The second-order valence-electron chi connectivity index (χ2n) is 3.72. The van der Waals surface area contributed by atoms with Crippen molar-refractivity contribution in [2.45, 2.75) is 13.0 Å². The number of hydrogen-bond donors (Lipinski definition) is 3. The Morgan fingerprint density at radius 2 is 2.18 bits per heavy atom. The average Bonchev–Trinajstić information content (AvgIpc) is 2.82. The van der Waals surface area contributed by atoms with Gasteiger partial charge in [-0.25, -0.2) is 4.98 Å². The van der Waals surface area contributed by atoms with Gasteiger partial charge in [0.25, 0.3) is 0 Å². The SMILES string of the molecule is Nc1ccc(NCCCn2cccn2)nc1N. The van der Waals surface area contributed by atoms with Gasteiger partial charge >= 0.3 is 0 Å². The molecule has 6 nitrogen and oxygen atoms in total. The van der Waals surface area contributed by atoms with E-state index in [0.717, 1.165) is 25.3 Å². The van der Waals surface area contributed by atoms with Crippen LogP contribution in [0.3, 0.4) is 0 Å². The number of nitrogens with zero attached hydrogens (tertiary/aromatic N) is 3. The predicted octanol–water partition coefficient (Wildman–Crippen LogP) is 0.945. The minimum absolute atomic E-state index is 0.363. The normalized spacial score (nSPS) is 10.4. The van der Waals surface area contributed by atoms with Gasteiger partial charge in [-0.3, -0.25) is 4.68 Å². The maximum absolute atomic E-state index is 5.61. The molecule has 0 unspecified atom stereocenters. The van der Waals surface area contributed by atoms with Crippen molar-refractivity contribution in [2.75, 3.05) is 23.3 Å². The van der Waals surface area contributed by atoms with E-state index in [9.17, 15) is 0 Å². The van der Waals surface area contributed by atoms with Crippen molar-refractivity contribution in [1.29, 1.82) is 0 Å². The number of anilines is 3. The van der Waals surface area contributed by atoms with E-state index in [4.69, 9.17) is 11.5 Å². The van der Waals surface area contributed by atoms with Gasteiger partial charge in [0.15, 0.2) is 0 Å². The Kier molecular flexibility index (Phi) is 3.44. The molecule has 0 spiro atoms. The standard InChI is InChI=1S/C11H16N6/c12-9-3-4-10(16-11(9)13)14-5-1-7-17-8-2-6-15-17/h2-4,6,8H,1,5,7,12H2,(H3,13,14,16). The third-order valence-electron chi connectivity index (χ3n) is 2.39. The lowest BCUT2D eigenvalue weighted by atomic mass is 10.3. The number of aryl methyl sites for hydroxylation is 1. The van der Waals surface area contributed by atoms with Crippen LogP contribution in [-0.2, 0) is 6.54 Å². The quantitative estimate of drug-likeness (QED) is 0.667. The number of nitrogens with two attached hydrogens (primary N) is 2. The van der Waals surface area contributed by atoms with E-state index < -0.39 is 0 Å². The minimum Gasteiger partial charge on any atom is -0.396 e. The molecule has 2 aromatic heterocycles. The van der Waals surface area contributed by atoms with Crippen molar-refractivity contribution in [3.05, 3.63) is 30.6 Å². The molecule has 0 aliphatic rings. The first-order chi connectivity index (χ1) is 8.25. The molecule has 0 aromatic carbocycles. The summed E-state index contributed by atoms with van der Waals surface area (Å²) in [6.45, 7) is 1.70. The molecular formula is C11H16N6. The van der Waals surface area contributed by atoms with Gasteiger partial charge in [0.05, 0.1) is 5.69 Å². The third kappa shape index (κ3) is 3.10. The van der Waals surface area contributed by atoms with Gasteiger partial charge in [0, 0.05) is 25.5 Å². The molecule has 5 N–H and O–H groups in total. The zero-order chi connectivity index (χ0) is 12.1. The summed E-state index contributed by atoms with van der Waals surface area (Å²) in [6, 6.07) is 5.48. The summed E-state index contributed by atoms with van der Waals surface area (Å²) in [6.07, 6.45) is 4.68. The number of nitrogen functional groups attached to an aromatic ring is 2. The van der Waals surface area contributed by atoms with Crippen LogP contribution >= 0.6 is 0 Å². The van der Waals surface area contributed by atoms with E-state index in [2.05, 4.69) is 15.4 Å². The van der Waals surface area contributed by atoms with E-state index in [1.165, 1.54) is 0 Å². The second kappa shape index (κ2) is 5.20. The second-order valence-corrected chi connectivity index (χ2v) is 3.72. The van der Waals surface area contributed by atoms with Crippen molar-refractivity contribution in [3.8, 4) is 0 Å². The van der Waals surface area contributed by atoms with E-state index in [1.54, 1.807) is 12.3 Å². The topological polar surface area (TPSA) is 94.8 Å². The summed E-state index contributed by atoms with van der Waals surface area (Å²) in [4.78, 5) is 4.13. The van der Waals surface area contributed by atoms with Gasteiger partial charge in [0.1, 0.15) is 11.6 Å². The van der Waals surface area contributed by atoms with Gasteiger partial charge in [-0.15, -0.1) is 0 Å². The molecule has 2 heterocycles. The first-order valence-electron chi connectivity index (χ1n) is 5.49. The van der Waals surface area contributed by atoms with Gasteiger partial charge in [-0.1, -0.05) is 0 Å². The van der Waals surface area contributed by atoms with Gasteiger partial charge in [-0.2, -0.15) is 5.10 Å². The van der Waals surface area contributed by atoms with E-state index in [1.807, 2.05) is 23.0 Å². The molecule has 6 heteroatoms. The van der Waals surface area contributed by atoms with Crippen LogP contribution in [0.25, 0.3) is 0 Å². The fraction of sp³-hybridized carbons (Fsp3) is 0.273. The highest BCUT2D eigenvalue weighted by atomic mass is 15.3. The zero-order valence-corrected chi connectivity index (χ0v) is 9.50. The van der Waals surface area contributed by atoms with Gasteiger partial charge in [0.2, 0.25) is 0 Å². The van der Waals surface area contributed by atoms with Crippen LogP contribution in [-0.4, -0.2) is 21.3 Å². The molecule has 0 atom stereocenters. The molecule has 0 bridgehead atoms. The number of nitrogens with one attached hydrogen (secondary N) is 1. The van der Waals surface area contributed by atoms with Crippen LogP contribution < -0.4 is 16.8 Å². The van der Waals surface area contributed by atoms with E-state index >= 15 is 0 Å². The summed E-state index contributed by atoms with van der Waals surface area (Å²) >= 11 is 0. The van der Waals surface area contributed by atoms with Crippen molar-refractivity contribution in [1.82, 2.24) is 14.8 Å². The first-order valence-corrected chi connectivity index (χ1v) is 5.49. The van der Waals surface area contributed by atoms with E-state index in [0.29, 0.717) is 11.5 Å². The number of hydrogen-bond acceptors (Lipinski definition) is 5. The Labute approximate surface area is 99.6 Å². The Bertz CT molecular complexity index is 465. The molecule has 0 aliphatic carbocycles. The number of rotatable bonds is 5. The molecule has 2 aromatic rings. The molecule has 2 rings (SSSR count). The summed E-state index contributed by atoms with van der Waals surface area (Å²) in [5, 5.41) is 7.31. The molecule has 0 saturated carbocycles. The van der Waals surface area contributed by atoms with Crippen LogP contribution in [0.4, 0.5) is 17.3 Å².